The van der Waals surface area contributed by atoms with Gasteiger partial charge in [0.05, 0.1) is 19.3 Å². The third kappa shape index (κ3) is 9.77. The number of guanidine groups is 1. The monoisotopic (exact) mass is 399 g/mol. The van der Waals surface area contributed by atoms with E-state index in [2.05, 4.69) is 29.5 Å². The fourth-order valence-corrected chi connectivity index (χ4v) is 1.91. The van der Waals surface area contributed by atoms with Crippen molar-refractivity contribution in [2.45, 2.75) is 45.6 Å². The second-order valence-corrected chi connectivity index (χ2v) is 4.75. The quantitative estimate of drug-likeness (QED) is 0.270. The van der Waals surface area contributed by atoms with Gasteiger partial charge in [0.25, 0.3) is 0 Å². The van der Waals surface area contributed by atoms with E-state index in [1.165, 1.54) is 6.42 Å². The Balaban J connectivity index is 0.00000361. The zero-order valence-corrected chi connectivity index (χ0v) is 15.2. The molecule has 20 heavy (non-hydrogen) atoms. The minimum absolute atomic E-state index is 0. The summed E-state index contributed by atoms with van der Waals surface area (Å²) in [5.41, 5.74) is 0. The van der Waals surface area contributed by atoms with E-state index in [-0.39, 0.29) is 24.0 Å². The van der Waals surface area contributed by atoms with E-state index in [0.717, 1.165) is 64.7 Å². The van der Waals surface area contributed by atoms with Crippen LogP contribution in [-0.4, -0.2) is 51.5 Å². The summed E-state index contributed by atoms with van der Waals surface area (Å²) >= 11 is 0. The van der Waals surface area contributed by atoms with Crippen LogP contribution in [0.4, 0.5) is 0 Å². The highest BCUT2D eigenvalue weighted by Crippen LogP contribution is 2.11. The Morgan fingerprint density at radius 2 is 2.15 bits per heavy atom. The molecule has 1 heterocycles. The first-order chi connectivity index (χ1) is 9.36. The van der Waals surface area contributed by atoms with Crippen molar-refractivity contribution in [2.24, 2.45) is 4.99 Å². The van der Waals surface area contributed by atoms with Gasteiger partial charge in [0, 0.05) is 26.3 Å². The molecule has 1 aliphatic heterocycles. The minimum atomic E-state index is 0. The van der Waals surface area contributed by atoms with Crippen LogP contribution in [-0.2, 0) is 9.47 Å². The molecule has 2 N–H and O–H groups in total. The first-order valence-electron chi connectivity index (χ1n) is 7.58. The maximum Gasteiger partial charge on any atom is 0.191 e. The predicted molar refractivity (Wildman–Crippen MR) is 94.1 cm³/mol. The SMILES string of the molecule is CCCCOCCNC(=NCC1CCCO1)NCC.I. The summed E-state index contributed by atoms with van der Waals surface area (Å²) in [7, 11) is 0. The van der Waals surface area contributed by atoms with Gasteiger partial charge in [-0.25, -0.2) is 0 Å². The molecule has 1 unspecified atom stereocenters. The van der Waals surface area contributed by atoms with Crippen molar-refractivity contribution in [3.8, 4) is 0 Å². The van der Waals surface area contributed by atoms with E-state index in [0.29, 0.717) is 6.10 Å². The zero-order valence-electron chi connectivity index (χ0n) is 12.8. The van der Waals surface area contributed by atoms with Crippen LogP contribution < -0.4 is 10.6 Å². The molecule has 1 saturated heterocycles. The lowest BCUT2D eigenvalue weighted by Crippen LogP contribution is -2.39. The Kier molecular flexibility index (Phi) is 13.8. The number of ether oxygens (including phenoxy) is 2. The van der Waals surface area contributed by atoms with E-state index >= 15 is 0 Å². The molecule has 0 radical (unpaired) electrons. The maximum atomic E-state index is 5.56. The van der Waals surface area contributed by atoms with Crippen LogP contribution in [0.2, 0.25) is 0 Å². The lowest BCUT2D eigenvalue weighted by molar-refractivity contribution is 0.117. The second-order valence-electron chi connectivity index (χ2n) is 4.75. The number of rotatable bonds is 9. The molecule has 6 heteroatoms. The van der Waals surface area contributed by atoms with Crippen molar-refractivity contribution < 1.29 is 9.47 Å². The molecule has 0 aromatic rings. The Hall–Kier alpha value is -0.0800. The van der Waals surface area contributed by atoms with Gasteiger partial charge >= 0.3 is 0 Å². The van der Waals surface area contributed by atoms with Gasteiger partial charge in [0.1, 0.15) is 0 Å². The fourth-order valence-electron chi connectivity index (χ4n) is 1.91. The summed E-state index contributed by atoms with van der Waals surface area (Å²) in [6.07, 6.45) is 4.90. The highest BCUT2D eigenvalue weighted by molar-refractivity contribution is 14.0. The topological polar surface area (TPSA) is 54.9 Å². The molecular formula is C14H30IN3O2. The van der Waals surface area contributed by atoms with Gasteiger partial charge in [-0.3, -0.25) is 4.99 Å². The average molecular weight is 399 g/mol. The van der Waals surface area contributed by atoms with Gasteiger partial charge in [-0.1, -0.05) is 13.3 Å². The molecule has 0 aromatic heterocycles. The standard InChI is InChI=1S/C14H29N3O2.HI/c1-3-5-9-18-11-8-16-14(15-4-2)17-12-13-7-6-10-19-13;/h13H,3-12H2,1-2H3,(H2,15,16,17);1H. The van der Waals surface area contributed by atoms with E-state index in [9.17, 15) is 0 Å². The minimum Gasteiger partial charge on any atom is -0.380 e. The Bertz CT molecular complexity index is 247. The number of halogens is 1. The summed E-state index contributed by atoms with van der Waals surface area (Å²) in [6, 6.07) is 0. The number of hydrogen-bond donors (Lipinski definition) is 2. The first-order valence-corrected chi connectivity index (χ1v) is 7.58. The average Bonchev–Trinajstić information content (AvgIpc) is 2.93. The lowest BCUT2D eigenvalue weighted by atomic mass is 10.2. The summed E-state index contributed by atoms with van der Waals surface area (Å²) < 4.78 is 11.1. The molecule has 0 aliphatic carbocycles. The third-order valence-electron chi connectivity index (χ3n) is 3.00. The zero-order chi connectivity index (χ0) is 13.8. The Labute approximate surface area is 140 Å². The van der Waals surface area contributed by atoms with Crippen LogP contribution in [0.5, 0.6) is 0 Å². The van der Waals surface area contributed by atoms with Crippen molar-refractivity contribution >= 4 is 29.9 Å². The van der Waals surface area contributed by atoms with E-state index in [4.69, 9.17) is 9.47 Å². The van der Waals surface area contributed by atoms with Crippen molar-refractivity contribution in [3.05, 3.63) is 0 Å². The highest BCUT2D eigenvalue weighted by Gasteiger charge is 2.14. The van der Waals surface area contributed by atoms with Gasteiger partial charge in [-0.05, 0) is 26.2 Å². The molecule has 0 amide bonds. The van der Waals surface area contributed by atoms with Crippen LogP contribution in [0.3, 0.4) is 0 Å². The van der Waals surface area contributed by atoms with Gasteiger partial charge < -0.3 is 20.1 Å². The summed E-state index contributed by atoms with van der Waals surface area (Å²) in [6.45, 7) is 9.10. The third-order valence-corrected chi connectivity index (χ3v) is 3.00. The maximum absolute atomic E-state index is 5.56. The van der Waals surface area contributed by atoms with Crippen molar-refractivity contribution in [2.75, 3.05) is 39.5 Å². The molecule has 0 saturated carbocycles. The molecule has 1 atom stereocenters. The predicted octanol–water partition coefficient (Wildman–Crippen LogP) is 2.16. The molecular weight excluding hydrogens is 369 g/mol. The molecule has 1 aliphatic rings. The summed E-state index contributed by atoms with van der Waals surface area (Å²) in [5.74, 6) is 0.858. The van der Waals surface area contributed by atoms with Crippen LogP contribution >= 0.6 is 24.0 Å². The number of hydrogen-bond acceptors (Lipinski definition) is 3. The fraction of sp³-hybridized carbons (Fsp3) is 0.929. The van der Waals surface area contributed by atoms with Gasteiger partial charge in [-0.2, -0.15) is 0 Å². The van der Waals surface area contributed by atoms with Crippen molar-refractivity contribution in [1.29, 1.82) is 0 Å². The van der Waals surface area contributed by atoms with E-state index in [1.807, 2.05) is 0 Å². The number of nitrogens with one attached hydrogen (secondary N) is 2. The normalized spacial score (nSPS) is 18.7. The smallest absolute Gasteiger partial charge is 0.191 e. The molecule has 0 bridgehead atoms. The highest BCUT2D eigenvalue weighted by atomic mass is 127. The van der Waals surface area contributed by atoms with Crippen molar-refractivity contribution in [3.63, 3.8) is 0 Å². The Morgan fingerprint density at radius 3 is 2.80 bits per heavy atom. The van der Waals surface area contributed by atoms with Gasteiger partial charge in [0.2, 0.25) is 0 Å². The first kappa shape index (κ1) is 19.9. The Morgan fingerprint density at radius 1 is 1.30 bits per heavy atom. The lowest BCUT2D eigenvalue weighted by Gasteiger charge is -2.13. The van der Waals surface area contributed by atoms with E-state index in [1.54, 1.807) is 0 Å². The molecule has 5 nitrogen and oxygen atoms in total. The molecule has 0 aromatic carbocycles. The number of unbranched alkanes of at least 4 members (excludes halogenated alkanes) is 1. The summed E-state index contributed by atoms with van der Waals surface area (Å²) in [4.78, 5) is 4.54. The van der Waals surface area contributed by atoms with Crippen LogP contribution in [0.15, 0.2) is 4.99 Å². The van der Waals surface area contributed by atoms with E-state index < -0.39 is 0 Å². The van der Waals surface area contributed by atoms with Crippen LogP contribution in [0, 0.1) is 0 Å². The molecule has 1 fully saturated rings. The second kappa shape index (κ2) is 13.9. The summed E-state index contributed by atoms with van der Waals surface area (Å²) in [5, 5.41) is 6.52. The van der Waals surface area contributed by atoms with Gasteiger partial charge in [-0.15, -0.1) is 24.0 Å². The molecule has 120 valence electrons. The largest absolute Gasteiger partial charge is 0.380 e. The molecule has 0 spiro atoms. The number of aliphatic imine (C=N–C) groups is 1. The van der Waals surface area contributed by atoms with Crippen molar-refractivity contribution in [1.82, 2.24) is 10.6 Å². The number of nitrogens with zero attached hydrogens (tertiary/aromatic N) is 1. The van der Waals surface area contributed by atoms with Crippen LogP contribution in [0.25, 0.3) is 0 Å². The molecule has 1 rings (SSSR count). The van der Waals surface area contributed by atoms with Crippen LogP contribution in [0.1, 0.15) is 39.5 Å². The van der Waals surface area contributed by atoms with Gasteiger partial charge in [0.15, 0.2) is 5.96 Å².